The molecule has 8 heteroatoms. The number of alkyl halides is 3. The summed E-state index contributed by atoms with van der Waals surface area (Å²) < 4.78 is 37.9. The molecule has 148 valence electrons. The molecule has 2 saturated heterocycles. The summed E-state index contributed by atoms with van der Waals surface area (Å²) in [5.41, 5.74) is 6.64. The first-order chi connectivity index (χ1) is 12.9. The van der Waals surface area contributed by atoms with E-state index in [1.807, 2.05) is 4.90 Å². The fourth-order valence-electron chi connectivity index (χ4n) is 3.95. The van der Waals surface area contributed by atoms with E-state index in [9.17, 15) is 18.0 Å². The molecule has 1 amide bonds. The molecule has 1 aromatic carbocycles. The smallest absolute Gasteiger partial charge is 0.339 e. The first-order valence-electron chi connectivity index (χ1n) is 9.58. The summed E-state index contributed by atoms with van der Waals surface area (Å²) in [4.78, 5) is 16.8. The number of hydrogen-bond acceptors (Lipinski definition) is 4. The number of rotatable bonds is 4. The Labute approximate surface area is 156 Å². The van der Waals surface area contributed by atoms with E-state index in [0.29, 0.717) is 25.7 Å². The molecule has 1 aromatic rings. The third-order valence-corrected chi connectivity index (χ3v) is 5.79. The molecule has 4 rings (SSSR count). The minimum atomic E-state index is -4.30. The molecule has 0 bridgehead atoms. The van der Waals surface area contributed by atoms with Crippen molar-refractivity contribution in [3.05, 3.63) is 35.4 Å². The van der Waals surface area contributed by atoms with Crippen molar-refractivity contribution in [2.45, 2.75) is 44.1 Å². The summed E-state index contributed by atoms with van der Waals surface area (Å²) in [5.74, 6) is 0.871. The lowest BCUT2D eigenvalue weighted by Gasteiger charge is -2.35. The van der Waals surface area contributed by atoms with Gasteiger partial charge in [-0.25, -0.2) is 5.43 Å². The summed E-state index contributed by atoms with van der Waals surface area (Å²) in [6.45, 7) is 3.39. The van der Waals surface area contributed by atoms with E-state index < -0.39 is 11.7 Å². The number of halogens is 3. The zero-order valence-electron chi connectivity index (χ0n) is 15.1. The van der Waals surface area contributed by atoms with Crippen LogP contribution in [0.1, 0.15) is 30.4 Å². The van der Waals surface area contributed by atoms with Crippen LogP contribution in [0.4, 0.5) is 13.2 Å². The van der Waals surface area contributed by atoms with Crippen LogP contribution in [0, 0.1) is 5.92 Å². The molecule has 2 atom stereocenters. The van der Waals surface area contributed by atoms with Crippen molar-refractivity contribution >= 4 is 5.91 Å². The van der Waals surface area contributed by atoms with E-state index >= 15 is 0 Å². The predicted molar refractivity (Wildman–Crippen MR) is 94.5 cm³/mol. The fraction of sp³-hybridized carbons (Fsp3) is 0.632. The summed E-state index contributed by atoms with van der Waals surface area (Å²) in [7, 11) is 0. The van der Waals surface area contributed by atoms with E-state index in [1.54, 1.807) is 0 Å². The average Bonchev–Trinajstić information content (AvgIpc) is 3.38. The molecule has 2 aliphatic heterocycles. The highest BCUT2D eigenvalue weighted by Gasteiger charge is 2.40. The zero-order valence-corrected chi connectivity index (χ0v) is 15.1. The minimum absolute atomic E-state index is 0.142. The molecule has 0 radical (unpaired) electrons. The van der Waals surface area contributed by atoms with Gasteiger partial charge in [-0.05, 0) is 42.9 Å². The quantitative estimate of drug-likeness (QED) is 0.836. The Morgan fingerprint density at radius 1 is 1.04 bits per heavy atom. The number of piperazine rings is 1. The van der Waals surface area contributed by atoms with Gasteiger partial charge in [0.1, 0.15) is 6.04 Å². The third-order valence-electron chi connectivity index (χ3n) is 5.79. The molecule has 2 heterocycles. The van der Waals surface area contributed by atoms with Crippen molar-refractivity contribution in [1.82, 2.24) is 20.7 Å². The monoisotopic (exact) mass is 382 g/mol. The topological polar surface area (TPSA) is 47.6 Å². The van der Waals surface area contributed by atoms with Gasteiger partial charge in [-0.3, -0.25) is 15.1 Å². The summed E-state index contributed by atoms with van der Waals surface area (Å²) >= 11 is 0. The van der Waals surface area contributed by atoms with E-state index in [2.05, 4.69) is 15.8 Å². The highest BCUT2D eigenvalue weighted by atomic mass is 19.4. The summed E-state index contributed by atoms with van der Waals surface area (Å²) in [6.07, 6.45) is -0.937. The zero-order chi connectivity index (χ0) is 19.0. The van der Waals surface area contributed by atoms with Crippen LogP contribution < -0.4 is 10.9 Å². The lowest BCUT2D eigenvalue weighted by atomic mass is 10.1. The summed E-state index contributed by atoms with van der Waals surface area (Å²) in [6, 6.07) is 5.60. The van der Waals surface area contributed by atoms with Gasteiger partial charge in [-0.15, -0.1) is 0 Å². The van der Waals surface area contributed by atoms with Crippen LogP contribution in [0.2, 0.25) is 0 Å². The van der Waals surface area contributed by atoms with Gasteiger partial charge < -0.3 is 4.90 Å². The Balaban J connectivity index is 1.24. The van der Waals surface area contributed by atoms with E-state index in [4.69, 9.17) is 0 Å². The van der Waals surface area contributed by atoms with Gasteiger partial charge in [0, 0.05) is 38.8 Å². The van der Waals surface area contributed by atoms with Crippen LogP contribution >= 0.6 is 0 Å². The maximum Gasteiger partial charge on any atom is 0.416 e. The van der Waals surface area contributed by atoms with Gasteiger partial charge in [0.05, 0.1) is 5.56 Å². The Morgan fingerprint density at radius 3 is 2.30 bits per heavy atom. The third kappa shape index (κ3) is 4.44. The second kappa shape index (κ2) is 7.41. The lowest BCUT2D eigenvalue weighted by molar-refractivity contribution is -0.137. The standard InChI is InChI=1S/C19H25F3N4O/c20-19(21,22)15-5-1-13(2-6-15)12-25-7-9-26(10-8-25)18(27)17-11-16(23-24-17)14-3-4-14/h1-2,5-6,14,16-17,23-24H,3-4,7-12H2. The second-order valence-electron chi connectivity index (χ2n) is 7.82. The number of benzene rings is 1. The van der Waals surface area contributed by atoms with Gasteiger partial charge in [0.2, 0.25) is 5.91 Å². The van der Waals surface area contributed by atoms with Gasteiger partial charge in [0.15, 0.2) is 0 Å². The SMILES string of the molecule is O=C(C1CC(C2CC2)NN1)N1CCN(Cc2ccc(C(F)(F)F)cc2)CC1. The molecular weight excluding hydrogens is 357 g/mol. The maximum atomic E-state index is 12.7. The molecule has 5 nitrogen and oxygen atoms in total. The molecular formula is C19H25F3N4O. The Bertz CT molecular complexity index is 667. The van der Waals surface area contributed by atoms with Crippen molar-refractivity contribution in [1.29, 1.82) is 0 Å². The predicted octanol–water partition coefficient (Wildman–Crippen LogP) is 1.99. The Kier molecular flexibility index (Phi) is 5.13. The molecule has 3 fully saturated rings. The van der Waals surface area contributed by atoms with Gasteiger partial charge >= 0.3 is 6.18 Å². The molecule has 0 spiro atoms. The normalized spacial score (nSPS) is 27.1. The first kappa shape index (κ1) is 18.7. The second-order valence-corrected chi connectivity index (χ2v) is 7.82. The van der Waals surface area contributed by atoms with Crippen LogP contribution in [0.5, 0.6) is 0 Å². The molecule has 1 aliphatic carbocycles. The molecule has 0 aromatic heterocycles. The number of hydrazine groups is 1. The van der Waals surface area contributed by atoms with E-state index in [1.165, 1.54) is 25.0 Å². The average molecular weight is 382 g/mol. The minimum Gasteiger partial charge on any atom is -0.339 e. The van der Waals surface area contributed by atoms with Crippen molar-refractivity contribution in [3.8, 4) is 0 Å². The number of nitrogens with zero attached hydrogens (tertiary/aromatic N) is 2. The number of carbonyl (C=O) groups excluding carboxylic acids is 1. The van der Waals surface area contributed by atoms with Crippen molar-refractivity contribution in [2.75, 3.05) is 26.2 Å². The molecule has 3 aliphatic rings. The maximum absolute atomic E-state index is 12.7. The summed E-state index contributed by atoms with van der Waals surface area (Å²) in [5, 5.41) is 0. The van der Waals surface area contributed by atoms with Crippen molar-refractivity contribution < 1.29 is 18.0 Å². The highest BCUT2D eigenvalue weighted by Crippen LogP contribution is 2.35. The van der Waals surface area contributed by atoms with Crippen LogP contribution in [-0.4, -0.2) is 54.0 Å². The highest BCUT2D eigenvalue weighted by molar-refractivity contribution is 5.82. The molecule has 1 saturated carbocycles. The number of hydrogen-bond donors (Lipinski definition) is 2. The van der Waals surface area contributed by atoms with Crippen LogP contribution in [0.15, 0.2) is 24.3 Å². The van der Waals surface area contributed by atoms with Crippen LogP contribution in [0.3, 0.4) is 0 Å². The van der Waals surface area contributed by atoms with Crippen LogP contribution in [-0.2, 0) is 17.5 Å². The van der Waals surface area contributed by atoms with Gasteiger partial charge in [0.25, 0.3) is 0 Å². The Morgan fingerprint density at radius 2 is 1.70 bits per heavy atom. The number of amides is 1. The molecule has 2 N–H and O–H groups in total. The molecule has 27 heavy (non-hydrogen) atoms. The van der Waals surface area contributed by atoms with Gasteiger partial charge in [-0.1, -0.05) is 12.1 Å². The Hall–Kier alpha value is -1.64. The number of carbonyl (C=O) groups is 1. The van der Waals surface area contributed by atoms with Gasteiger partial charge in [-0.2, -0.15) is 13.2 Å². The van der Waals surface area contributed by atoms with E-state index in [-0.39, 0.29) is 11.9 Å². The lowest BCUT2D eigenvalue weighted by Crippen LogP contribution is -2.53. The van der Waals surface area contributed by atoms with Crippen molar-refractivity contribution in [3.63, 3.8) is 0 Å². The first-order valence-corrected chi connectivity index (χ1v) is 9.58. The number of nitrogens with one attached hydrogen (secondary N) is 2. The van der Waals surface area contributed by atoms with Crippen LogP contribution in [0.25, 0.3) is 0 Å². The molecule has 2 unspecified atom stereocenters. The van der Waals surface area contributed by atoms with Crippen molar-refractivity contribution in [2.24, 2.45) is 5.92 Å². The fourth-order valence-corrected chi connectivity index (χ4v) is 3.95. The largest absolute Gasteiger partial charge is 0.416 e. The van der Waals surface area contributed by atoms with E-state index in [0.717, 1.165) is 43.1 Å².